The molecule has 1 saturated carbocycles. The van der Waals surface area contributed by atoms with Crippen molar-refractivity contribution < 1.29 is 4.74 Å². The van der Waals surface area contributed by atoms with Gasteiger partial charge in [0.2, 0.25) is 0 Å². The lowest BCUT2D eigenvalue weighted by Gasteiger charge is -2.47. The quantitative estimate of drug-likeness (QED) is 0.810. The zero-order chi connectivity index (χ0) is 14.0. The third kappa shape index (κ3) is 3.37. The molecule has 3 heteroatoms. The highest BCUT2D eigenvalue weighted by Gasteiger charge is 2.45. The van der Waals surface area contributed by atoms with Crippen LogP contribution < -0.4 is 5.32 Å². The van der Waals surface area contributed by atoms with Gasteiger partial charge in [-0.25, -0.2) is 0 Å². The molecule has 2 aliphatic heterocycles. The van der Waals surface area contributed by atoms with Crippen molar-refractivity contribution >= 4 is 0 Å². The Bertz CT molecular complexity index is 312. The lowest BCUT2D eigenvalue weighted by molar-refractivity contribution is 0.0445. The van der Waals surface area contributed by atoms with Gasteiger partial charge < -0.3 is 10.1 Å². The SMILES string of the molecule is CCCC1CNC(C)(C2CC2)CN1CCC1CCCO1. The maximum absolute atomic E-state index is 5.81. The van der Waals surface area contributed by atoms with E-state index in [1.54, 1.807) is 0 Å². The van der Waals surface area contributed by atoms with Crippen molar-refractivity contribution in [2.24, 2.45) is 5.92 Å². The van der Waals surface area contributed by atoms with Crippen molar-refractivity contribution in [2.45, 2.75) is 76.5 Å². The Kier molecular flexibility index (Phi) is 4.68. The summed E-state index contributed by atoms with van der Waals surface area (Å²) >= 11 is 0. The molecule has 3 nitrogen and oxygen atoms in total. The summed E-state index contributed by atoms with van der Waals surface area (Å²) < 4.78 is 5.81. The second-order valence-electron chi connectivity index (χ2n) is 7.41. The number of nitrogens with zero attached hydrogens (tertiary/aromatic N) is 1. The highest BCUT2D eigenvalue weighted by Crippen LogP contribution is 2.41. The van der Waals surface area contributed by atoms with Crippen LogP contribution in [0.2, 0.25) is 0 Å². The summed E-state index contributed by atoms with van der Waals surface area (Å²) in [4.78, 5) is 2.78. The lowest BCUT2D eigenvalue weighted by Crippen LogP contribution is -2.64. The van der Waals surface area contributed by atoms with Crippen LogP contribution >= 0.6 is 0 Å². The fourth-order valence-electron chi connectivity index (χ4n) is 4.14. The van der Waals surface area contributed by atoms with Crippen molar-refractivity contribution in [3.8, 4) is 0 Å². The van der Waals surface area contributed by atoms with Crippen LogP contribution in [0.5, 0.6) is 0 Å². The number of hydrogen-bond donors (Lipinski definition) is 1. The Morgan fingerprint density at radius 2 is 2.10 bits per heavy atom. The number of piperazine rings is 1. The zero-order valence-electron chi connectivity index (χ0n) is 13.4. The molecule has 0 bridgehead atoms. The number of hydrogen-bond acceptors (Lipinski definition) is 3. The van der Waals surface area contributed by atoms with Gasteiger partial charge in [0.15, 0.2) is 0 Å². The standard InChI is InChI=1S/C17H32N2O/c1-3-5-15-12-18-17(2,14-7-8-14)13-19(15)10-9-16-6-4-11-20-16/h14-16,18H,3-13H2,1-2H3. The summed E-state index contributed by atoms with van der Waals surface area (Å²) in [6.45, 7) is 9.42. The predicted molar refractivity (Wildman–Crippen MR) is 83.0 cm³/mol. The van der Waals surface area contributed by atoms with E-state index < -0.39 is 0 Å². The second kappa shape index (κ2) is 6.33. The molecule has 3 aliphatic rings. The first-order chi connectivity index (χ1) is 9.71. The first-order valence-corrected chi connectivity index (χ1v) is 8.82. The van der Waals surface area contributed by atoms with Crippen LogP contribution in [-0.4, -0.2) is 48.8 Å². The van der Waals surface area contributed by atoms with Gasteiger partial charge in [0.1, 0.15) is 0 Å². The van der Waals surface area contributed by atoms with E-state index in [4.69, 9.17) is 4.74 Å². The third-order valence-corrected chi connectivity index (χ3v) is 5.65. The predicted octanol–water partition coefficient (Wildman–Crippen LogP) is 2.80. The van der Waals surface area contributed by atoms with E-state index in [0.29, 0.717) is 11.6 Å². The van der Waals surface area contributed by atoms with Crippen LogP contribution in [0, 0.1) is 5.92 Å². The molecule has 3 fully saturated rings. The fourth-order valence-corrected chi connectivity index (χ4v) is 4.14. The van der Waals surface area contributed by atoms with E-state index in [2.05, 4.69) is 24.1 Å². The molecule has 3 atom stereocenters. The first-order valence-electron chi connectivity index (χ1n) is 8.82. The minimum atomic E-state index is 0.376. The summed E-state index contributed by atoms with van der Waals surface area (Å²) in [6, 6.07) is 0.744. The van der Waals surface area contributed by atoms with Crippen molar-refractivity contribution in [3.05, 3.63) is 0 Å². The van der Waals surface area contributed by atoms with Gasteiger partial charge in [0.25, 0.3) is 0 Å². The molecule has 116 valence electrons. The third-order valence-electron chi connectivity index (χ3n) is 5.65. The first kappa shape index (κ1) is 14.8. The lowest BCUT2D eigenvalue weighted by atomic mass is 9.89. The van der Waals surface area contributed by atoms with Crippen LogP contribution in [0.25, 0.3) is 0 Å². The fraction of sp³-hybridized carbons (Fsp3) is 1.00. The molecule has 2 saturated heterocycles. The molecule has 20 heavy (non-hydrogen) atoms. The van der Waals surface area contributed by atoms with E-state index >= 15 is 0 Å². The van der Waals surface area contributed by atoms with Gasteiger partial charge in [-0.3, -0.25) is 4.90 Å². The van der Waals surface area contributed by atoms with Gasteiger partial charge in [-0.05, 0) is 51.4 Å². The normalized spacial score (nSPS) is 39.3. The average Bonchev–Trinajstić information content (AvgIpc) is 3.18. The number of nitrogens with one attached hydrogen (secondary N) is 1. The molecule has 1 N–H and O–H groups in total. The van der Waals surface area contributed by atoms with Gasteiger partial charge in [-0.2, -0.15) is 0 Å². The van der Waals surface area contributed by atoms with E-state index in [9.17, 15) is 0 Å². The molecular formula is C17H32N2O. The summed E-state index contributed by atoms with van der Waals surface area (Å²) in [5.41, 5.74) is 0.376. The molecule has 0 radical (unpaired) electrons. The van der Waals surface area contributed by atoms with Gasteiger partial charge in [-0.1, -0.05) is 13.3 Å². The van der Waals surface area contributed by atoms with Gasteiger partial charge in [-0.15, -0.1) is 0 Å². The van der Waals surface area contributed by atoms with Crippen LogP contribution in [0.4, 0.5) is 0 Å². The zero-order valence-corrected chi connectivity index (χ0v) is 13.4. The molecule has 3 unspecified atom stereocenters. The topological polar surface area (TPSA) is 24.5 Å². The smallest absolute Gasteiger partial charge is 0.0588 e. The van der Waals surface area contributed by atoms with Gasteiger partial charge >= 0.3 is 0 Å². The van der Waals surface area contributed by atoms with E-state index in [1.165, 1.54) is 64.6 Å². The van der Waals surface area contributed by atoms with E-state index in [-0.39, 0.29) is 0 Å². The Morgan fingerprint density at radius 1 is 1.25 bits per heavy atom. The van der Waals surface area contributed by atoms with Crippen molar-refractivity contribution in [1.29, 1.82) is 0 Å². The van der Waals surface area contributed by atoms with E-state index in [1.807, 2.05) is 0 Å². The highest BCUT2D eigenvalue weighted by molar-refractivity contribution is 5.04. The minimum Gasteiger partial charge on any atom is -0.378 e. The largest absolute Gasteiger partial charge is 0.378 e. The molecule has 0 aromatic carbocycles. The van der Waals surface area contributed by atoms with E-state index in [0.717, 1.165) is 18.6 Å². The average molecular weight is 280 g/mol. The maximum Gasteiger partial charge on any atom is 0.0588 e. The number of rotatable bonds is 6. The highest BCUT2D eigenvalue weighted by atomic mass is 16.5. The second-order valence-corrected chi connectivity index (χ2v) is 7.41. The number of ether oxygens (including phenoxy) is 1. The maximum atomic E-state index is 5.81. The molecule has 1 aliphatic carbocycles. The van der Waals surface area contributed by atoms with Crippen molar-refractivity contribution in [3.63, 3.8) is 0 Å². The summed E-state index contributed by atoms with van der Waals surface area (Å²) in [5, 5.41) is 3.88. The van der Waals surface area contributed by atoms with Crippen molar-refractivity contribution in [2.75, 3.05) is 26.2 Å². The Balaban J connectivity index is 1.56. The molecule has 0 aromatic rings. The van der Waals surface area contributed by atoms with Crippen molar-refractivity contribution in [1.82, 2.24) is 10.2 Å². The molecule has 3 rings (SSSR count). The Morgan fingerprint density at radius 3 is 2.75 bits per heavy atom. The Labute approximate surface area is 124 Å². The molecule has 2 heterocycles. The monoisotopic (exact) mass is 280 g/mol. The summed E-state index contributed by atoms with van der Waals surface area (Å²) in [6.07, 6.45) is 9.82. The molecule has 0 spiro atoms. The molecule has 0 aromatic heterocycles. The van der Waals surface area contributed by atoms with Crippen LogP contribution in [-0.2, 0) is 4.74 Å². The molecular weight excluding hydrogens is 248 g/mol. The van der Waals surface area contributed by atoms with Crippen LogP contribution in [0.3, 0.4) is 0 Å². The van der Waals surface area contributed by atoms with Crippen LogP contribution in [0.1, 0.15) is 58.8 Å². The summed E-state index contributed by atoms with van der Waals surface area (Å²) in [5.74, 6) is 0.926. The van der Waals surface area contributed by atoms with Gasteiger partial charge in [0.05, 0.1) is 6.10 Å². The summed E-state index contributed by atoms with van der Waals surface area (Å²) in [7, 11) is 0. The minimum absolute atomic E-state index is 0.376. The van der Waals surface area contributed by atoms with Gasteiger partial charge in [0, 0.05) is 37.8 Å². The Hall–Kier alpha value is -0.120. The molecule has 0 amide bonds. The van der Waals surface area contributed by atoms with Crippen LogP contribution in [0.15, 0.2) is 0 Å².